The minimum atomic E-state index is -2.86. The van der Waals surface area contributed by atoms with Crippen LogP contribution < -0.4 is 9.61 Å². The maximum absolute atomic E-state index is 13.5. The quantitative estimate of drug-likeness (QED) is 0.630. The predicted molar refractivity (Wildman–Crippen MR) is 97.1 cm³/mol. The van der Waals surface area contributed by atoms with Crippen LogP contribution in [0.25, 0.3) is 10.2 Å². The molecule has 7 heteroatoms. The van der Waals surface area contributed by atoms with Crippen LogP contribution >= 0.6 is 11.3 Å². The van der Waals surface area contributed by atoms with Crippen molar-refractivity contribution in [2.75, 3.05) is 0 Å². The van der Waals surface area contributed by atoms with E-state index in [2.05, 4.69) is 6.07 Å². The maximum Gasteiger partial charge on any atom is 0.308 e. The van der Waals surface area contributed by atoms with E-state index in [-0.39, 0.29) is 11.4 Å². The Balaban J connectivity index is 1.94. The topological polar surface area (TPSA) is 55.0 Å². The molecular weight excluding hydrogens is 358 g/mol. The van der Waals surface area contributed by atoms with Crippen LogP contribution in [0.15, 0.2) is 47.3 Å². The molecule has 1 atom stereocenters. The Morgan fingerprint density at radius 1 is 1.31 bits per heavy atom. The highest BCUT2D eigenvalue weighted by atomic mass is 32.1. The Kier molecular flexibility index (Phi) is 4.79. The van der Waals surface area contributed by atoms with Crippen molar-refractivity contribution < 1.29 is 13.5 Å². The normalized spacial score (nSPS) is 12.7. The lowest BCUT2D eigenvalue weighted by atomic mass is 10.1. The second-order valence-electron chi connectivity index (χ2n) is 6.18. The van der Waals surface area contributed by atoms with E-state index in [1.165, 1.54) is 11.5 Å². The molecule has 0 fully saturated rings. The lowest BCUT2D eigenvalue weighted by molar-refractivity contribution is -0.0381. The number of para-hydroxylation sites is 1. The van der Waals surface area contributed by atoms with Gasteiger partial charge in [0.05, 0.1) is 15.8 Å². The molecule has 2 aromatic carbocycles. The van der Waals surface area contributed by atoms with Gasteiger partial charge in [0.25, 0.3) is 0 Å². The molecule has 0 bridgehead atoms. The van der Waals surface area contributed by atoms with E-state index in [0.29, 0.717) is 27.3 Å². The highest BCUT2D eigenvalue weighted by Gasteiger charge is 2.31. The van der Waals surface area contributed by atoms with Gasteiger partial charge in [0.1, 0.15) is 17.6 Å². The van der Waals surface area contributed by atoms with Crippen LogP contribution in [0.1, 0.15) is 19.4 Å². The van der Waals surface area contributed by atoms with Gasteiger partial charge in [0.15, 0.2) is 0 Å². The molecular formula is C19H16F2N2O2S. The molecule has 0 aliphatic heterocycles. The third kappa shape index (κ3) is 3.60. The van der Waals surface area contributed by atoms with Gasteiger partial charge >= 0.3 is 4.87 Å². The van der Waals surface area contributed by atoms with Crippen LogP contribution in [0.5, 0.6) is 11.5 Å². The average Bonchev–Trinajstić information content (AvgIpc) is 2.89. The number of thiazole rings is 1. The van der Waals surface area contributed by atoms with Gasteiger partial charge < -0.3 is 4.74 Å². The van der Waals surface area contributed by atoms with Gasteiger partial charge in [-0.15, -0.1) is 0 Å². The zero-order valence-electron chi connectivity index (χ0n) is 14.2. The number of halogens is 2. The number of alkyl halides is 2. The minimum absolute atomic E-state index is 0.0558. The highest BCUT2D eigenvalue weighted by Crippen LogP contribution is 2.30. The van der Waals surface area contributed by atoms with Crippen molar-refractivity contribution in [3.63, 3.8) is 0 Å². The Hall–Kier alpha value is -2.72. The van der Waals surface area contributed by atoms with Gasteiger partial charge in [0, 0.05) is 18.5 Å². The SMILES string of the molecule is CC(Cn1c(=O)sc2cc(Oc3ccccc3C#N)ccc21)C(C)(F)F. The third-order valence-corrected chi connectivity index (χ3v) is 5.14. The van der Waals surface area contributed by atoms with Crippen LogP contribution in [-0.4, -0.2) is 10.5 Å². The van der Waals surface area contributed by atoms with Gasteiger partial charge in [0.2, 0.25) is 5.92 Å². The Morgan fingerprint density at radius 3 is 2.73 bits per heavy atom. The molecule has 1 aromatic heterocycles. The summed E-state index contributed by atoms with van der Waals surface area (Å²) in [5.74, 6) is -2.93. The van der Waals surface area contributed by atoms with E-state index in [4.69, 9.17) is 10.00 Å². The largest absolute Gasteiger partial charge is 0.456 e. The lowest BCUT2D eigenvalue weighted by Crippen LogP contribution is -2.28. The number of aromatic nitrogens is 1. The second kappa shape index (κ2) is 6.89. The molecule has 0 saturated carbocycles. The number of rotatable bonds is 5. The van der Waals surface area contributed by atoms with E-state index in [1.807, 2.05) is 0 Å². The summed E-state index contributed by atoms with van der Waals surface area (Å²) in [7, 11) is 0. The molecule has 1 unspecified atom stereocenters. The number of nitriles is 1. The molecule has 0 N–H and O–H groups in total. The van der Waals surface area contributed by atoms with Crippen molar-refractivity contribution in [2.24, 2.45) is 5.92 Å². The lowest BCUT2D eigenvalue weighted by Gasteiger charge is -2.19. The number of nitrogens with zero attached hydrogens (tertiary/aromatic N) is 2. The monoisotopic (exact) mass is 374 g/mol. The van der Waals surface area contributed by atoms with E-state index in [9.17, 15) is 13.6 Å². The van der Waals surface area contributed by atoms with Gasteiger partial charge in [-0.05, 0) is 31.2 Å². The summed E-state index contributed by atoms with van der Waals surface area (Å²) in [6.07, 6.45) is 0. The zero-order valence-corrected chi connectivity index (χ0v) is 15.0. The number of benzene rings is 2. The highest BCUT2D eigenvalue weighted by molar-refractivity contribution is 7.16. The number of fused-ring (bicyclic) bond motifs is 1. The molecule has 134 valence electrons. The smallest absolute Gasteiger partial charge is 0.308 e. The molecule has 0 aliphatic carbocycles. The molecule has 0 saturated heterocycles. The van der Waals surface area contributed by atoms with Crippen molar-refractivity contribution in [3.8, 4) is 17.6 Å². The van der Waals surface area contributed by atoms with Crippen molar-refractivity contribution in [2.45, 2.75) is 26.3 Å². The summed E-state index contributed by atoms with van der Waals surface area (Å²) in [6.45, 7) is 2.22. The molecule has 0 amide bonds. The predicted octanol–water partition coefficient (Wildman–Crippen LogP) is 5.02. The standard InChI is InChI=1S/C19H16F2N2O2S/c1-12(19(2,20)21)11-23-15-8-7-14(9-17(15)26-18(23)24)25-16-6-4-3-5-13(16)10-22/h3-9,12H,11H2,1-2H3. The maximum atomic E-state index is 13.5. The van der Waals surface area contributed by atoms with Crippen LogP contribution in [0, 0.1) is 17.2 Å². The summed E-state index contributed by atoms with van der Waals surface area (Å²) in [4.78, 5) is 11.9. The van der Waals surface area contributed by atoms with Crippen molar-refractivity contribution >= 4 is 21.6 Å². The fourth-order valence-electron chi connectivity index (χ4n) is 2.49. The first kappa shape index (κ1) is 18.1. The first-order valence-corrected chi connectivity index (χ1v) is 8.79. The molecule has 3 aromatic rings. The summed E-state index contributed by atoms with van der Waals surface area (Å²) < 4.78 is 34.7. The molecule has 1 heterocycles. The summed E-state index contributed by atoms with van der Waals surface area (Å²) in [5.41, 5.74) is 0.995. The van der Waals surface area contributed by atoms with Gasteiger partial charge in [-0.2, -0.15) is 5.26 Å². The van der Waals surface area contributed by atoms with Crippen LogP contribution in [0.2, 0.25) is 0 Å². The van der Waals surface area contributed by atoms with Crippen molar-refractivity contribution in [3.05, 3.63) is 57.7 Å². The van der Waals surface area contributed by atoms with Crippen LogP contribution in [-0.2, 0) is 6.54 Å². The molecule has 0 spiro atoms. The van der Waals surface area contributed by atoms with Gasteiger partial charge in [-0.25, -0.2) is 8.78 Å². The number of hydrogen-bond donors (Lipinski definition) is 0. The third-order valence-electron chi connectivity index (χ3n) is 4.20. The first-order valence-electron chi connectivity index (χ1n) is 7.98. The van der Waals surface area contributed by atoms with E-state index < -0.39 is 11.8 Å². The van der Waals surface area contributed by atoms with E-state index >= 15 is 0 Å². The summed E-state index contributed by atoms with van der Waals surface area (Å²) >= 11 is 0.984. The van der Waals surface area contributed by atoms with Crippen LogP contribution in [0.4, 0.5) is 8.78 Å². The second-order valence-corrected chi connectivity index (χ2v) is 7.17. The Labute approximate surface area is 152 Å². The van der Waals surface area contributed by atoms with Crippen molar-refractivity contribution in [1.29, 1.82) is 5.26 Å². The van der Waals surface area contributed by atoms with Gasteiger partial charge in [-0.3, -0.25) is 9.36 Å². The Morgan fingerprint density at radius 2 is 2.04 bits per heavy atom. The molecule has 3 rings (SSSR count). The van der Waals surface area contributed by atoms with Crippen LogP contribution in [0.3, 0.4) is 0 Å². The molecule has 0 aliphatic rings. The zero-order chi connectivity index (χ0) is 18.9. The Bertz CT molecular complexity index is 1040. The van der Waals surface area contributed by atoms with Gasteiger partial charge in [-0.1, -0.05) is 30.4 Å². The average molecular weight is 374 g/mol. The molecule has 26 heavy (non-hydrogen) atoms. The minimum Gasteiger partial charge on any atom is -0.456 e. The first-order chi connectivity index (χ1) is 12.3. The fraction of sp³-hybridized carbons (Fsp3) is 0.263. The number of ether oxygens (including phenoxy) is 1. The number of hydrogen-bond acceptors (Lipinski definition) is 4. The molecule has 0 radical (unpaired) electrons. The van der Waals surface area contributed by atoms with E-state index in [1.54, 1.807) is 42.5 Å². The van der Waals surface area contributed by atoms with Crippen molar-refractivity contribution in [1.82, 2.24) is 4.57 Å². The molecule has 4 nitrogen and oxygen atoms in total. The van der Waals surface area contributed by atoms with E-state index in [0.717, 1.165) is 18.3 Å². The summed E-state index contributed by atoms with van der Waals surface area (Å²) in [5, 5.41) is 9.12. The summed E-state index contributed by atoms with van der Waals surface area (Å²) in [6, 6.07) is 13.9. The fourth-order valence-corrected chi connectivity index (χ4v) is 3.42.